The summed E-state index contributed by atoms with van der Waals surface area (Å²) in [6, 6.07) is 2.88. The SMILES string of the molecule is O=[N+]([O-])c1cccnc1S[S]. The second-order valence-corrected chi connectivity index (χ2v) is 2.72. The molecule has 0 spiro atoms. The smallest absolute Gasteiger partial charge is 0.258 e. The van der Waals surface area contributed by atoms with E-state index < -0.39 is 4.92 Å². The fourth-order valence-corrected chi connectivity index (χ4v) is 1.30. The maximum absolute atomic E-state index is 10.3. The van der Waals surface area contributed by atoms with Gasteiger partial charge in [-0.15, -0.1) is 0 Å². The molecule has 0 atom stereocenters. The Morgan fingerprint density at radius 2 is 2.45 bits per heavy atom. The predicted molar refractivity (Wildman–Crippen MR) is 44.3 cm³/mol. The average Bonchev–Trinajstić information content (AvgIpc) is 2.04. The number of hydrogen-bond donors (Lipinski definition) is 0. The van der Waals surface area contributed by atoms with Gasteiger partial charge in [0.25, 0.3) is 0 Å². The monoisotopic (exact) mass is 187 g/mol. The van der Waals surface area contributed by atoms with E-state index in [4.69, 9.17) is 0 Å². The van der Waals surface area contributed by atoms with Crippen molar-refractivity contribution in [1.29, 1.82) is 0 Å². The summed E-state index contributed by atoms with van der Waals surface area (Å²) in [6.07, 6.45) is 1.47. The van der Waals surface area contributed by atoms with E-state index in [9.17, 15) is 10.1 Å². The van der Waals surface area contributed by atoms with Gasteiger partial charge in [0.2, 0.25) is 0 Å². The van der Waals surface area contributed by atoms with Crippen LogP contribution >= 0.6 is 22.5 Å². The lowest BCUT2D eigenvalue weighted by molar-refractivity contribution is -0.388. The molecule has 57 valence electrons. The van der Waals surface area contributed by atoms with E-state index in [-0.39, 0.29) is 10.7 Å². The Morgan fingerprint density at radius 1 is 1.73 bits per heavy atom. The molecule has 4 nitrogen and oxygen atoms in total. The summed E-state index contributed by atoms with van der Waals surface area (Å²) < 4.78 is 0. The Labute approximate surface area is 72.0 Å². The molecule has 1 aromatic rings. The molecule has 0 aromatic carbocycles. The van der Waals surface area contributed by atoms with Gasteiger partial charge in [0.05, 0.1) is 4.92 Å². The van der Waals surface area contributed by atoms with Gasteiger partial charge < -0.3 is 0 Å². The van der Waals surface area contributed by atoms with Crippen LogP contribution in [0.1, 0.15) is 0 Å². The third-order valence-corrected chi connectivity index (χ3v) is 1.97. The van der Waals surface area contributed by atoms with Gasteiger partial charge in [-0.2, -0.15) is 0 Å². The molecule has 0 aliphatic heterocycles. The van der Waals surface area contributed by atoms with Crippen molar-refractivity contribution < 1.29 is 4.92 Å². The molecule has 0 N–H and O–H groups in total. The minimum atomic E-state index is -0.498. The molecule has 11 heavy (non-hydrogen) atoms. The Morgan fingerprint density at radius 3 is 2.91 bits per heavy atom. The molecule has 1 aromatic heterocycles. The zero-order chi connectivity index (χ0) is 8.27. The highest BCUT2D eigenvalue weighted by molar-refractivity contribution is 8.68. The van der Waals surface area contributed by atoms with Crippen molar-refractivity contribution in [1.82, 2.24) is 4.98 Å². The van der Waals surface area contributed by atoms with Gasteiger partial charge in [-0.05, 0) is 28.5 Å². The highest BCUT2D eigenvalue weighted by atomic mass is 33.1. The number of nitrogens with zero attached hydrogens (tertiary/aromatic N) is 2. The zero-order valence-electron chi connectivity index (χ0n) is 5.26. The Hall–Kier alpha value is -0.750. The Bertz CT molecular complexity index is 279. The fraction of sp³-hybridized carbons (Fsp3) is 0. The quantitative estimate of drug-likeness (QED) is 0.404. The van der Waals surface area contributed by atoms with Crippen LogP contribution in [0.2, 0.25) is 0 Å². The van der Waals surface area contributed by atoms with Crippen LogP contribution in [0.4, 0.5) is 5.69 Å². The molecule has 0 saturated heterocycles. The molecule has 1 radical (unpaired) electrons. The van der Waals surface area contributed by atoms with Crippen molar-refractivity contribution >= 4 is 28.1 Å². The summed E-state index contributed by atoms with van der Waals surface area (Å²) in [5.74, 6) is 0. The summed E-state index contributed by atoms with van der Waals surface area (Å²) in [4.78, 5) is 13.5. The summed E-state index contributed by atoms with van der Waals surface area (Å²) in [6.45, 7) is 0. The van der Waals surface area contributed by atoms with Gasteiger partial charge in [0.15, 0.2) is 5.03 Å². The number of rotatable bonds is 2. The summed E-state index contributed by atoms with van der Waals surface area (Å²) >= 11 is 4.57. The van der Waals surface area contributed by atoms with Crippen LogP contribution in [0, 0.1) is 10.1 Å². The maximum Gasteiger partial charge on any atom is 0.302 e. The van der Waals surface area contributed by atoms with Crippen molar-refractivity contribution in [3.63, 3.8) is 0 Å². The van der Waals surface area contributed by atoms with Gasteiger partial charge in [0, 0.05) is 12.3 Å². The largest absolute Gasteiger partial charge is 0.302 e. The molecule has 0 aliphatic carbocycles. The molecule has 1 heterocycles. The summed E-state index contributed by atoms with van der Waals surface area (Å²) in [5, 5.41) is 10.6. The van der Waals surface area contributed by atoms with E-state index in [1.807, 2.05) is 0 Å². The van der Waals surface area contributed by atoms with E-state index >= 15 is 0 Å². The minimum absolute atomic E-state index is 0.0347. The molecule has 6 heteroatoms. The third kappa shape index (κ3) is 1.84. The lowest BCUT2D eigenvalue weighted by Gasteiger charge is -1.93. The lowest BCUT2D eigenvalue weighted by Crippen LogP contribution is -1.90. The van der Waals surface area contributed by atoms with Crippen molar-refractivity contribution in [3.8, 4) is 0 Å². The van der Waals surface area contributed by atoms with Gasteiger partial charge in [0.1, 0.15) is 0 Å². The van der Waals surface area contributed by atoms with Crippen molar-refractivity contribution in [2.75, 3.05) is 0 Å². The lowest BCUT2D eigenvalue weighted by atomic mass is 10.4. The molecule has 1 rings (SSSR count). The van der Waals surface area contributed by atoms with Crippen molar-refractivity contribution in [2.45, 2.75) is 5.03 Å². The molecule has 0 amide bonds. The molecule has 0 unspecified atom stereocenters. The van der Waals surface area contributed by atoms with E-state index in [0.29, 0.717) is 0 Å². The summed E-state index contributed by atoms with van der Waals surface area (Å²) in [7, 11) is 0.854. The van der Waals surface area contributed by atoms with E-state index in [1.165, 1.54) is 18.3 Å². The first kappa shape index (κ1) is 8.35. The van der Waals surface area contributed by atoms with Gasteiger partial charge in [-0.1, -0.05) is 0 Å². The maximum atomic E-state index is 10.3. The van der Waals surface area contributed by atoms with E-state index in [2.05, 4.69) is 16.6 Å². The van der Waals surface area contributed by atoms with Crippen molar-refractivity contribution in [2.24, 2.45) is 0 Å². The highest BCUT2D eigenvalue weighted by Crippen LogP contribution is 2.27. The second kappa shape index (κ2) is 3.59. The van der Waals surface area contributed by atoms with Crippen LogP contribution in [0.5, 0.6) is 0 Å². The highest BCUT2D eigenvalue weighted by Gasteiger charge is 2.12. The van der Waals surface area contributed by atoms with E-state index in [0.717, 1.165) is 10.8 Å². The summed E-state index contributed by atoms with van der Waals surface area (Å²) in [5.41, 5.74) is -0.0347. The molecule has 0 saturated carbocycles. The number of hydrogen-bond acceptors (Lipinski definition) is 4. The first-order valence-corrected chi connectivity index (χ1v) is 4.39. The molecular formula is C5H3N2O2S2. The normalized spacial score (nSPS) is 9.55. The van der Waals surface area contributed by atoms with Crippen LogP contribution < -0.4 is 0 Å². The van der Waals surface area contributed by atoms with E-state index in [1.54, 1.807) is 0 Å². The number of pyridine rings is 1. The molecule has 0 fully saturated rings. The van der Waals surface area contributed by atoms with Crippen molar-refractivity contribution in [3.05, 3.63) is 28.4 Å². The fourth-order valence-electron chi connectivity index (χ4n) is 0.585. The van der Waals surface area contributed by atoms with Crippen LogP contribution in [-0.2, 0) is 0 Å². The number of nitro groups is 1. The van der Waals surface area contributed by atoms with Crippen LogP contribution in [-0.4, -0.2) is 9.91 Å². The first-order valence-electron chi connectivity index (χ1n) is 2.65. The van der Waals surface area contributed by atoms with Crippen LogP contribution in [0.15, 0.2) is 23.4 Å². The standard InChI is InChI=1S/C5H3N2O2S2/c8-7(9)4-2-1-3-6-5(4)11-10/h1-3H. The number of aromatic nitrogens is 1. The second-order valence-electron chi connectivity index (χ2n) is 1.67. The topological polar surface area (TPSA) is 56.0 Å². The van der Waals surface area contributed by atoms with Crippen LogP contribution in [0.3, 0.4) is 0 Å². The van der Waals surface area contributed by atoms with Gasteiger partial charge in [-0.25, -0.2) is 4.98 Å². The Balaban J connectivity index is 3.12. The zero-order valence-corrected chi connectivity index (χ0v) is 6.89. The van der Waals surface area contributed by atoms with Gasteiger partial charge in [-0.3, -0.25) is 10.1 Å². The predicted octanol–water partition coefficient (Wildman–Crippen LogP) is 2.19. The minimum Gasteiger partial charge on any atom is -0.258 e. The van der Waals surface area contributed by atoms with Crippen LogP contribution in [0.25, 0.3) is 0 Å². The first-order chi connectivity index (χ1) is 5.25. The van der Waals surface area contributed by atoms with Gasteiger partial charge >= 0.3 is 5.69 Å². The Kier molecular flexibility index (Phi) is 2.72. The molecule has 0 aliphatic rings. The third-order valence-electron chi connectivity index (χ3n) is 1.03. The molecule has 0 bridgehead atoms. The average molecular weight is 187 g/mol. The molecular weight excluding hydrogens is 184 g/mol.